The fraction of sp³-hybridized carbons (Fsp3) is 0.143. The number of hydrogen-bond donors (Lipinski definition) is 3. The largest absolute Gasteiger partial charge is 0.496 e. The van der Waals surface area contributed by atoms with Gasteiger partial charge in [0.25, 0.3) is 11.8 Å². The molecule has 1 aromatic carbocycles. The third kappa shape index (κ3) is 3.63. The lowest BCUT2D eigenvalue weighted by atomic mass is 10.1. The number of aromatic nitrogens is 1. The van der Waals surface area contributed by atoms with Crippen LogP contribution in [-0.4, -0.2) is 23.9 Å². The van der Waals surface area contributed by atoms with Crippen molar-refractivity contribution in [1.29, 1.82) is 0 Å². The molecule has 0 saturated carbocycles. The van der Waals surface area contributed by atoms with E-state index in [-0.39, 0.29) is 0 Å². The van der Waals surface area contributed by atoms with Crippen LogP contribution in [0.2, 0.25) is 0 Å². The van der Waals surface area contributed by atoms with Crippen LogP contribution in [0.1, 0.15) is 26.4 Å². The second-order valence-corrected chi connectivity index (χ2v) is 5.24. The number of aryl methyl sites for hydroxylation is 1. The summed E-state index contributed by atoms with van der Waals surface area (Å²) >= 11 is 3.23. The van der Waals surface area contributed by atoms with E-state index < -0.39 is 11.8 Å². The van der Waals surface area contributed by atoms with E-state index in [4.69, 9.17) is 4.74 Å². The Balaban J connectivity index is 2.00. The van der Waals surface area contributed by atoms with Gasteiger partial charge in [-0.2, -0.15) is 0 Å². The molecule has 0 radical (unpaired) electrons. The molecule has 0 unspecified atom stereocenters. The van der Waals surface area contributed by atoms with Crippen molar-refractivity contribution in [2.24, 2.45) is 0 Å². The summed E-state index contributed by atoms with van der Waals surface area (Å²) in [5, 5.41) is 0. The van der Waals surface area contributed by atoms with E-state index >= 15 is 0 Å². The Morgan fingerprint density at radius 3 is 2.52 bits per heavy atom. The van der Waals surface area contributed by atoms with E-state index in [1.807, 2.05) is 6.92 Å². The minimum absolute atomic E-state index is 0.337. The third-order valence-electron chi connectivity index (χ3n) is 2.85. The standard InChI is InChI=1S/C14H14BrN3O3/c1-8-3-4-9(5-12(8)21-2)13(19)17-18-14(20)11-6-10(15)7-16-11/h3-7,16H,1-2H3,(H,17,19)(H,18,20). The van der Waals surface area contributed by atoms with Crippen molar-refractivity contribution < 1.29 is 14.3 Å². The molecule has 0 bridgehead atoms. The highest BCUT2D eigenvalue weighted by molar-refractivity contribution is 9.10. The van der Waals surface area contributed by atoms with Gasteiger partial charge in [-0.3, -0.25) is 20.4 Å². The lowest BCUT2D eigenvalue weighted by Gasteiger charge is -2.09. The molecule has 2 rings (SSSR count). The average molecular weight is 352 g/mol. The maximum absolute atomic E-state index is 12.0. The number of halogens is 1. The van der Waals surface area contributed by atoms with E-state index in [0.29, 0.717) is 17.0 Å². The molecule has 110 valence electrons. The highest BCUT2D eigenvalue weighted by Gasteiger charge is 2.11. The van der Waals surface area contributed by atoms with Gasteiger partial charge in [0, 0.05) is 16.2 Å². The number of amides is 2. The van der Waals surface area contributed by atoms with Crippen molar-refractivity contribution in [2.45, 2.75) is 6.92 Å². The van der Waals surface area contributed by atoms with Crippen molar-refractivity contribution >= 4 is 27.7 Å². The predicted molar refractivity (Wildman–Crippen MR) is 81.2 cm³/mol. The van der Waals surface area contributed by atoms with Gasteiger partial charge in [-0.1, -0.05) is 6.07 Å². The Labute approximate surface area is 130 Å². The average Bonchev–Trinajstić information content (AvgIpc) is 2.91. The summed E-state index contributed by atoms with van der Waals surface area (Å²) in [4.78, 5) is 26.5. The maximum Gasteiger partial charge on any atom is 0.286 e. The van der Waals surface area contributed by atoms with Crippen molar-refractivity contribution in [3.8, 4) is 5.75 Å². The van der Waals surface area contributed by atoms with Crippen molar-refractivity contribution in [3.63, 3.8) is 0 Å². The number of H-pyrrole nitrogens is 1. The molecule has 2 amide bonds. The fourth-order valence-electron chi connectivity index (χ4n) is 1.71. The minimum Gasteiger partial charge on any atom is -0.496 e. The molecule has 3 N–H and O–H groups in total. The predicted octanol–water partition coefficient (Wildman–Crippen LogP) is 2.17. The van der Waals surface area contributed by atoms with E-state index in [9.17, 15) is 9.59 Å². The lowest BCUT2D eigenvalue weighted by Crippen LogP contribution is -2.41. The maximum atomic E-state index is 12.0. The number of carbonyl (C=O) groups is 2. The van der Waals surface area contributed by atoms with Crippen LogP contribution >= 0.6 is 15.9 Å². The molecule has 1 aromatic heterocycles. The normalized spacial score (nSPS) is 10.0. The zero-order chi connectivity index (χ0) is 15.4. The first-order valence-corrected chi connectivity index (χ1v) is 6.90. The summed E-state index contributed by atoms with van der Waals surface area (Å²) < 4.78 is 5.91. The quantitative estimate of drug-likeness (QED) is 0.741. The van der Waals surface area contributed by atoms with Crippen LogP contribution in [0.3, 0.4) is 0 Å². The summed E-state index contributed by atoms with van der Waals surface area (Å²) in [6, 6.07) is 6.65. The zero-order valence-electron chi connectivity index (χ0n) is 11.5. The minimum atomic E-state index is -0.437. The van der Waals surface area contributed by atoms with Gasteiger partial charge in [-0.25, -0.2) is 0 Å². The molecule has 0 spiro atoms. The third-order valence-corrected chi connectivity index (χ3v) is 3.31. The molecule has 0 saturated heterocycles. The molecule has 1 heterocycles. The number of hydrazine groups is 1. The smallest absolute Gasteiger partial charge is 0.286 e. The topological polar surface area (TPSA) is 83.2 Å². The zero-order valence-corrected chi connectivity index (χ0v) is 13.1. The van der Waals surface area contributed by atoms with Crippen LogP contribution < -0.4 is 15.6 Å². The number of hydrogen-bond acceptors (Lipinski definition) is 3. The second kappa shape index (κ2) is 6.45. The Hall–Kier alpha value is -2.28. The van der Waals surface area contributed by atoms with Gasteiger partial charge in [0.1, 0.15) is 11.4 Å². The first kappa shape index (κ1) is 15.1. The molecule has 0 aliphatic carbocycles. The second-order valence-electron chi connectivity index (χ2n) is 4.32. The highest BCUT2D eigenvalue weighted by atomic mass is 79.9. The van der Waals surface area contributed by atoms with Crippen molar-refractivity contribution in [3.05, 3.63) is 51.8 Å². The van der Waals surface area contributed by atoms with Gasteiger partial charge in [0.05, 0.1) is 7.11 Å². The molecule has 2 aromatic rings. The molecule has 0 aliphatic rings. The van der Waals surface area contributed by atoms with Crippen LogP contribution in [0.15, 0.2) is 34.9 Å². The Morgan fingerprint density at radius 2 is 1.90 bits per heavy atom. The first-order chi connectivity index (χ1) is 10.0. The van der Waals surface area contributed by atoms with E-state index in [1.165, 1.54) is 7.11 Å². The van der Waals surface area contributed by atoms with Crippen LogP contribution in [0, 0.1) is 6.92 Å². The summed E-state index contributed by atoms with van der Waals surface area (Å²) in [6.45, 7) is 1.88. The first-order valence-electron chi connectivity index (χ1n) is 6.10. The van der Waals surface area contributed by atoms with E-state index in [2.05, 4.69) is 31.8 Å². The molecular weight excluding hydrogens is 338 g/mol. The van der Waals surface area contributed by atoms with Crippen LogP contribution in [0.5, 0.6) is 5.75 Å². The van der Waals surface area contributed by atoms with Crippen LogP contribution in [0.25, 0.3) is 0 Å². The van der Waals surface area contributed by atoms with Gasteiger partial charge in [0.15, 0.2) is 0 Å². The van der Waals surface area contributed by atoms with Crippen LogP contribution in [0.4, 0.5) is 0 Å². The van der Waals surface area contributed by atoms with Gasteiger partial charge < -0.3 is 9.72 Å². The Bertz CT molecular complexity index is 682. The van der Waals surface area contributed by atoms with Gasteiger partial charge in [-0.15, -0.1) is 0 Å². The fourth-order valence-corrected chi connectivity index (χ4v) is 2.06. The SMILES string of the molecule is COc1cc(C(=O)NNC(=O)c2cc(Br)c[nH]2)ccc1C. The van der Waals surface area contributed by atoms with Crippen LogP contribution in [-0.2, 0) is 0 Å². The highest BCUT2D eigenvalue weighted by Crippen LogP contribution is 2.18. The molecule has 6 nitrogen and oxygen atoms in total. The molecule has 7 heteroatoms. The number of methoxy groups -OCH3 is 1. The Kier molecular flexibility index (Phi) is 4.64. The summed E-state index contributed by atoms with van der Waals surface area (Å²) in [6.07, 6.45) is 1.63. The monoisotopic (exact) mass is 351 g/mol. The number of aromatic amines is 1. The van der Waals surface area contributed by atoms with Crippen molar-refractivity contribution in [2.75, 3.05) is 7.11 Å². The Morgan fingerprint density at radius 1 is 1.19 bits per heavy atom. The van der Waals surface area contributed by atoms with Crippen molar-refractivity contribution in [1.82, 2.24) is 15.8 Å². The van der Waals surface area contributed by atoms with Gasteiger partial charge in [-0.05, 0) is 46.6 Å². The molecule has 0 fully saturated rings. The number of rotatable bonds is 3. The molecule has 0 atom stereocenters. The van der Waals surface area contributed by atoms with E-state index in [0.717, 1.165) is 10.0 Å². The number of carbonyl (C=O) groups excluding carboxylic acids is 2. The number of nitrogens with one attached hydrogen (secondary N) is 3. The summed E-state index contributed by atoms with van der Waals surface area (Å²) in [5.74, 6) is -0.248. The summed E-state index contributed by atoms with van der Waals surface area (Å²) in [7, 11) is 1.54. The summed E-state index contributed by atoms with van der Waals surface area (Å²) in [5.41, 5.74) is 6.34. The van der Waals surface area contributed by atoms with Gasteiger partial charge in [0.2, 0.25) is 0 Å². The number of ether oxygens (including phenoxy) is 1. The lowest BCUT2D eigenvalue weighted by molar-refractivity contribution is 0.0844. The number of benzene rings is 1. The van der Waals surface area contributed by atoms with E-state index in [1.54, 1.807) is 30.5 Å². The van der Waals surface area contributed by atoms with Gasteiger partial charge >= 0.3 is 0 Å². The molecule has 21 heavy (non-hydrogen) atoms. The molecular formula is C14H14BrN3O3. The molecule has 0 aliphatic heterocycles.